The first kappa shape index (κ1) is 15.4. The van der Waals surface area contributed by atoms with Crippen LogP contribution >= 0.6 is 0 Å². The van der Waals surface area contributed by atoms with E-state index in [0.717, 1.165) is 32.6 Å². The molecule has 0 saturated carbocycles. The van der Waals surface area contributed by atoms with E-state index in [-0.39, 0.29) is 5.78 Å². The van der Waals surface area contributed by atoms with Gasteiger partial charge in [-0.3, -0.25) is 9.69 Å². The lowest BCUT2D eigenvalue weighted by atomic mass is 10.1. The SMILES string of the molecule is CCCCCCC/C=C/C(=O)CN1CCNCC1. The van der Waals surface area contributed by atoms with Crippen LogP contribution in [0.5, 0.6) is 0 Å². The summed E-state index contributed by atoms with van der Waals surface area (Å²) in [6, 6.07) is 0. The average molecular weight is 252 g/mol. The highest BCUT2D eigenvalue weighted by Gasteiger charge is 2.11. The second-order valence-electron chi connectivity index (χ2n) is 5.10. The Morgan fingerprint density at radius 3 is 2.61 bits per heavy atom. The molecule has 1 rings (SSSR count). The molecular formula is C15H28N2O. The van der Waals surface area contributed by atoms with Crippen molar-refractivity contribution in [2.75, 3.05) is 32.7 Å². The molecule has 18 heavy (non-hydrogen) atoms. The first-order chi connectivity index (χ1) is 8.83. The molecule has 1 fully saturated rings. The van der Waals surface area contributed by atoms with Crippen molar-refractivity contribution in [3.8, 4) is 0 Å². The van der Waals surface area contributed by atoms with Gasteiger partial charge in [-0.2, -0.15) is 0 Å². The molecule has 104 valence electrons. The van der Waals surface area contributed by atoms with Crippen molar-refractivity contribution >= 4 is 5.78 Å². The number of piperazine rings is 1. The van der Waals surface area contributed by atoms with Crippen LogP contribution in [0.2, 0.25) is 0 Å². The standard InChI is InChI=1S/C15H28N2O/c1-2-3-4-5-6-7-8-9-15(18)14-17-12-10-16-11-13-17/h8-9,16H,2-7,10-14H2,1H3/b9-8+. The van der Waals surface area contributed by atoms with Crippen molar-refractivity contribution in [3.05, 3.63) is 12.2 Å². The minimum atomic E-state index is 0.255. The molecule has 0 bridgehead atoms. The third kappa shape index (κ3) is 7.62. The van der Waals surface area contributed by atoms with E-state index in [9.17, 15) is 4.79 Å². The number of unbranched alkanes of at least 4 members (excludes halogenated alkanes) is 5. The lowest BCUT2D eigenvalue weighted by Gasteiger charge is -2.25. The first-order valence-electron chi connectivity index (χ1n) is 7.45. The Hall–Kier alpha value is -0.670. The second-order valence-corrected chi connectivity index (χ2v) is 5.10. The van der Waals surface area contributed by atoms with Crippen molar-refractivity contribution in [2.24, 2.45) is 0 Å². The van der Waals surface area contributed by atoms with Gasteiger partial charge < -0.3 is 5.32 Å². The Labute approximate surface area is 112 Å². The summed E-state index contributed by atoms with van der Waals surface area (Å²) in [4.78, 5) is 13.9. The predicted octanol–water partition coefficient (Wildman–Crippen LogP) is 2.38. The van der Waals surface area contributed by atoms with Gasteiger partial charge in [0.05, 0.1) is 6.54 Å². The minimum Gasteiger partial charge on any atom is -0.314 e. The number of allylic oxidation sites excluding steroid dienone is 1. The zero-order valence-electron chi connectivity index (χ0n) is 11.8. The Kier molecular flexibility index (Phi) is 8.78. The summed E-state index contributed by atoms with van der Waals surface area (Å²) in [6.07, 6.45) is 11.4. The predicted molar refractivity (Wildman–Crippen MR) is 76.8 cm³/mol. The van der Waals surface area contributed by atoms with Crippen molar-refractivity contribution < 1.29 is 4.79 Å². The van der Waals surface area contributed by atoms with Crippen LogP contribution in [0.4, 0.5) is 0 Å². The fraction of sp³-hybridized carbons (Fsp3) is 0.800. The first-order valence-corrected chi connectivity index (χ1v) is 7.45. The van der Waals surface area contributed by atoms with E-state index in [1.165, 1.54) is 32.1 Å². The molecule has 0 aliphatic carbocycles. The van der Waals surface area contributed by atoms with Crippen LogP contribution in [0.3, 0.4) is 0 Å². The fourth-order valence-corrected chi connectivity index (χ4v) is 2.22. The number of ketones is 1. The summed E-state index contributed by atoms with van der Waals surface area (Å²) in [6.45, 7) is 6.83. The van der Waals surface area contributed by atoms with Gasteiger partial charge in [0.2, 0.25) is 0 Å². The summed E-state index contributed by atoms with van der Waals surface area (Å²) < 4.78 is 0. The molecular weight excluding hydrogens is 224 g/mol. The number of hydrogen-bond acceptors (Lipinski definition) is 3. The molecule has 0 aromatic carbocycles. The maximum atomic E-state index is 11.7. The smallest absolute Gasteiger partial charge is 0.169 e. The molecule has 1 aliphatic heterocycles. The van der Waals surface area contributed by atoms with Crippen molar-refractivity contribution in [1.82, 2.24) is 10.2 Å². The monoisotopic (exact) mass is 252 g/mol. The number of hydrogen-bond donors (Lipinski definition) is 1. The van der Waals surface area contributed by atoms with E-state index in [4.69, 9.17) is 0 Å². The second kappa shape index (κ2) is 10.3. The summed E-state index contributed by atoms with van der Waals surface area (Å²) >= 11 is 0. The molecule has 0 aromatic rings. The van der Waals surface area contributed by atoms with Crippen molar-refractivity contribution in [3.63, 3.8) is 0 Å². The zero-order valence-corrected chi connectivity index (χ0v) is 11.8. The normalized spacial score (nSPS) is 17.4. The largest absolute Gasteiger partial charge is 0.314 e. The van der Waals surface area contributed by atoms with E-state index in [1.54, 1.807) is 6.08 Å². The van der Waals surface area contributed by atoms with Gasteiger partial charge in [0, 0.05) is 26.2 Å². The van der Waals surface area contributed by atoms with Crippen LogP contribution in [0, 0.1) is 0 Å². The quantitative estimate of drug-likeness (QED) is 0.505. The lowest BCUT2D eigenvalue weighted by Crippen LogP contribution is -2.45. The fourth-order valence-electron chi connectivity index (χ4n) is 2.22. The molecule has 0 aromatic heterocycles. The van der Waals surface area contributed by atoms with E-state index < -0.39 is 0 Å². The van der Waals surface area contributed by atoms with Gasteiger partial charge in [-0.1, -0.05) is 38.7 Å². The third-order valence-corrected chi connectivity index (χ3v) is 3.37. The molecule has 0 atom stereocenters. The van der Waals surface area contributed by atoms with Gasteiger partial charge >= 0.3 is 0 Å². The van der Waals surface area contributed by atoms with Crippen LogP contribution in [0.25, 0.3) is 0 Å². The average Bonchev–Trinajstić information content (AvgIpc) is 2.39. The minimum absolute atomic E-state index is 0.255. The molecule has 0 radical (unpaired) electrons. The zero-order chi connectivity index (χ0) is 13.1. The summed E-state index contributed by atoms with van der Waals surface area (Å²) in [5.41, 5.74) is 0. The Balaban J connectivity index is 2.00. The van der Waals surface area contributed by atoms with E-state index in [2.05, 4.69) is 23.2 Å². The van der Waals surface area contributed by atoms with Gasteiger partial charge in [-0.25, -0.2) is 0 Å². The molecule has 1 heterocycles. The molecule has 1 N–H and O–H groups in total. The van der Waals surface area contributed by atoms with E-state index in [1.807, 2.05) is 0 Å². The third-order valence-electron chi connectivity index (χ3n) is 3.37. The van der Waals surface area contributed by atoms with E-state index in [0.29, 0.717) is 6.54 Å². The van der Waals surface area contributed by atoms with Crippen LogP contribution in [-0.4, -0.2) is 43.4 Å². The summed E-state index contributed by atoms with van der Waals surface area (Å²) in [5, 5.41) is 3.29. The number of nitrogens with one attached hydrogen (secondary N) is 1. The molecule has 1 saturated heterocycles. The van der Waals surface area contributed by atoms with Crippen molar-refractivity contribution in [1.29, 1.82) is 0 Å². The molecule has 0 unspecified atom stereocenters. The topological polar surface area (TPSA) is 32.3 Å². The number of nitrogens with zero attached hydrogens (tertiary/aromatic N) is 1. The van der Waals surface area contributed by atoms with Crippen LogP contribution < -0.4 is 5.32 Å². The van der Waals surface area contributed by atoms with Gasteiger partial charge in [0.15, 0.2) is 5.78 Å². The molecule has 1 aliphatic rings. The summed E-state index contributed by atoms with van der Waals surface area (Å²) in [5.74, 6) is 0.255. The summed E-state index contributed by atoms with van der Waals surface area (Å²) in [7, 11) is 0. The van der Waals surface area contributed by atoms with Gasteiger partial charge in [0.1, 0.15) is 0 Å². The molecule has 0 amide bonds. The molecule has 3 heteroatoms. The highest BCUT2D eigenvalue weighted by molar-refractivity contribution is 5.91. The van der Waals surface area contributed by atoms with Crippen LogP contribution in [0.15, 0.2) is 12.2 Å². The Morgan fingerprint density at radius 1 is 1.17 bits per heavy atom. The highest BCUT2D eigenvalue weighted by atomic mass is 16.1. The maximum Gasteiger partial charge on any atom is 0.169 e. The number of rotatable bonds is 9. The number of carbonyl (C=O) groups excluding carboxylic acids is 1. The Morgan fingerprint density at radius 2 is 1.89 bits per heavy atom. The molecule has 0 spiro atoms. The van der Waals surface area contributed by atoms with Crippen LogP contribution in [0.1, 0.15) is 45.4 Å². The van der Waals surface area contributed by atoms with Gasteiger partial charge in [0.25, 0.3) is 0 Å². The highest BCUT2D eigenvalue weighted by Crippen LogP contribution is 2.05. The van der Waals surface area contributed by atoms with Crippen molar-refractivity contribution in [2.45, 2.75) is 45.4 Å². The number of carbonyl (C=O) groups is 1. The van der Waals surface area contributed by atoms with Gasteiger partial charge in [-0.15, -0.1) is 0 Å². The van der Waals surface area contributed by atoms with Crippen LogP contribution in [-0.2, 0) is 4.79 Å². The Bertz CT molecular complexity index is 245. The van der Waals surface area contributed by atoms with Gasteiger partial charge in [-0.05, 0) is 18.9 Å². The molecule has 3 nitrogen and oxygen atoms in total. The maximum absolute atomic E-state index is 11.7. The van der Waals surface area contributed by atoms with E-state index >= 15 is 0 Å². The lowest BCUT2D eigenvalue weighted by molar-refractivity contribution is -0.115.